The summed E-state index contributed by atoms with van der Waals surface area (Å²) in [6.07, 6.45) is 0.0832. The third kappa shape index (κ3) is 3.59. The fourth-order valence-corrected chi connectivity index (χ4v) is 6.70. The van der Waals surface area contributed by atoms with Crippen LogP contribution in [0.15, 0.2) is 97.1 Å². The molecule has 1 aliphatic heterocycles. The van der Waals surface area contributed by atoms with E-state index in [1.165, 1.54) is 4.90 Å². The van der Waals surface area contributed by atoms with Gasteiger partial charge in [-0.25, -0.2) is 4.90 Å². The Balaban J connectivity index is 1.18. The molecule has 0 saturated carbocycles. The van der Waals surface area contributed by atoms with Crippen LogP contribution < -0.4 is 14.4 Å². The van der Waals surface area contributed by atoms with Crippen LogP contribution >= 0.6 is 0 Å². The Morgan fingerprint density at radius 2 is 1.23 bits per heavy atom. The standard InChI is InChI=1S/C33H25NO5/c1-38-21-15-13-19(14-16-21)17-27(35)39-22-8-6-7-20(18-22)34-32(36)30-28-23-9-2-3-10-24(23)29(31(30)33(34)37)26-12-5-4-11-25(26)28/h2-16,18,28-31H,17H2,1H3. The second-order valence-electron chi connectivity index (χ2n) is 10.3. The molecule has 6 heteroatoms. The van der Waals surface area contributed by atoms with Gasteiger partial charge in [0, 0.05) is 17.9 Å². The maximum Gasteiger partial charge on any atom is 0.315 e. The zero-order valence-corrected chi connectivity index (χ0v) is 21.2. The number of hydrogen-bond acceptors (Lipinski definition) is 5. The summed E-state index contributed by atoms with van der Waals surface area (Å²) in [5.41, 5.74) is 5.74. The Bertz CT molecular complexity index is 1530. The molecule has 0 radical (unpaired) electrons. The number of carbonyl (C=O) groups is 3. The minimum Gasteiger partial charge on any atom is -0.497 e. The fourth-order valence-electron chi connectivity index (χ4n) is 6.70. The molecule has 39 heavy (non-hydrogen) atoms. The predicted octanol–water partition coefficient (Wildman–Crippen LogP) is 5.24. The van der Waals surface area contributed by atoms with Crippen LogP contribution in [0.4, 0.5) is 5.69 Å². The van der Waals surface area contributed by atoms with Gasteiger partial charge in [-0.15, -0.1) is 0 Å². The first-order chi connectivity index (χ1) is 19.0. The molecule has 8 rings (SSSR count). The molecule has 192 valence electrons. The first-order valence-corrected chi connectivity index (χ1v) is 13.0. The summed E-state index contributed by atoms with van der Waals surface area (Å²) in [4.78, 5) is 41.9. The molecule has 2 atom stereocenters. The van der Waals surface area contributed by atoms with E-state index in [2.05, 4.69) is 24.3 Å². The van der Waals surface area contributed by atoms with E-state index >= 15 is 0 Å². The largest absolute Gasteiger partial charge is 0.497 e. The van der Waals surface area contributed by atoms with Crippen LogP contribution in [0.5, 0.6) is 11.5 Å². The Hall–Kier alpha value is -4.71. The molecule has 0 N–H and O–H groups in total. The second-order valence-corrected chi connectivity index (χ2v) is 10.3. The van der Waals surface area contributed by atoms with Crippen molar-refractivity contribution in [2.75, 3.05) is 12.0 Å². The number of carbonyl (C=O) groups excluding carboxylic acids is 3. The van der Waals surface area contributed by atoms with Crippen molar-refractivity contribution in [3.8, 4) is 11.5 Å². The summed E-state index contributed by atoms with van der Waals surface area (Å²) in [6.45, 7) is 0. The van der Waals surface area contributed by atoms with Crippen LogP contribution in [0.3, 0.4) is 0 Å². The van der Waals surface area contributed by atoms with Crippen molar-refractivity contribution < 1.29 is 23.9 Å². The van der Waals surface area contributed by atoms with Gasteiger partial charge >= 0.3 is 5.97 Å². The third-order valence-corrected chi connectivity index (χ3v) is 8.26. The van der Waals surface area contributed by atoms with Crippen molar-refractivity contribution in [3.05, 3.63) is 125 Å². The first-order valence-electron chi connectivity index (χ1n) is 13.0. The van der Waals surface area contributed by atoms with Crippen LogP contribution in [0.25, 0.3) is 0 Å². The highest BCUT2D eigenvalue weighted by Gasteiger charge is 2.61. The van der Waals surface area contributed by atoms with Crippen molar-refractivity contribution in [1.29, 1.82) is 0 Å². The Kier molecular flexibility index (Phi) is 5.37. The monoisotopic (exact) mass is 515 g/mol. The molecule has 2 unspecified atom stereocenters. The van der Waals surface area contributed by atoms with Gasteiger partial charge in [-0.05, 0) is 52.1 Å². The van der Waals surface area contributed by atoms with E-state index in [-0.39, 0.29) is 35.8 Å². The molecular formula is C33H25NO5. The summed E-state index contributed by atoms with van der Waals surface area (Å²) in [7, 11) is 1.59. The molecule has 2 amide bonds. The van der Waals surface area contributed by atoms with E-state index in [0.29, 0.717) is 11.4 Å². The van der Waals surface area contributed by atoms with Gasteiger partial charge in [-0.3, -0.25) is 14.4 Å². The van der Waals surface area contributed by atoms with Gasteiger partial charge in [0.1, 0.15) is 11.5 Å². The molecular weight excluding hydrogens is 490 g/mol. The molecule has 0 aromatic heterocycles. The Labute approximate surface area is 225 Å². The average Bonchev–Trinajstić information content (AvgIpc) is 3.23. The van der Waals surface area contributed by atoms with Gasteiger partial charge in [0.25, 0.3) is 0 Å². The number of methoxy groups -OCH3 is 1. The number of amides is 2. The summed E-state index contributed by atoms with van der Waals surface area (Å²) in [5, 5.41) is 0. The van der Waals surface area contributed by atoms with Crippen molar-refractivity contribution >= 4 is 23.5 Å². The molecule has 0 spiro atoms. The molecule has 1 fully saturated rings. The second kappa shape index (κ2) is 8.95. The normalized spacial score (nSPS) is 22.2. The third-order valence-electron chi connectivity index (χ3n) is 8.26. The zero-order chi connectivity index (χ0) is 26.7. The zero-order valence-electron chi connectivity index (χ0n) is 21.2. The highest BCUT2D eigenvalue weighted by atomic mass is 16.5. The molecule has 4 aromatic rings. The molecule has 2 bridgehead atoms. The summed E-state index contributed by atoms with van der Waals surface area (Å²) < 4.78 is 10.8. The van der Waals surface area contributed by atoms with E-state index in [9.17, 15) is 14.4 Å². The van der Waals surface area contributed by atoms with Gasteiger partial charge in [0.05, 0.1) is 31.1 Å². The summed E-state index contributed by atoms with van der Waals surface area (Å²) in [6, 6.07) is 30.2. The SMILES string of the molecule is COc1ccc(CC(=O)Oc2cccc(N3C(=O)C4C5c6ccccc6C(c6ccccc65)C4C3=O)c2)cc1. The minimum atomic E-state index is -0.464. The molecule has 1 heterocycles. The van der Waals surface area contributed by atoms with E-state index in [1.807, 2.05) is 36.4 Å². The van der Waals surface area contributed by atoms with Crippen molar-refractivity contribution in [3.63, 3.8) is 0 Å². The first kappa shape index (κ1) is 23.4. The van der Waals surface area contributed by atoms with Crippen LogP contribution in [-0.2, 0) is 20.8 Å². The van der Waals surface area contributed by atoms with Gasteiger partial charge in [-0.2, -0.15) is 0 Å². The number of rotatable bonds is 5. The Morgan fingerprint density at radius 3 is 1.74 bits per heavy atom. The van der Waals surface area contributed by atoms with Crippen LogP contribution in [-0.4, -0.2) is 24.9 Å². The lowest BCUT2D eigenvalue weighted by molar-refractivity contribution is -0.133. The quantitative estimate of drug-likeness (QED) is 0.207. The number of anilines is 1. The van der Waals surface area contributed by atoms with E-state index in [4.69, 9.17) is 9.47 Å². The number of ether oxygens (including phenoxy) is 2. The van der Waals surface area contributed by atoms with Gasteiger partial charge in [0.15, 0.2) is 0 Å². The van der Waals surface area contributed by atoms with Gasteiger partial charge < -0.3 is 9.47 Å². The van der Waals surface area contributed by atoms with Crippen LogP contribution in [0, 0.1) is 11.8 Å². The number of imide groups is 1. The lowest BCUT2D eigenvalue weighted by Gasteiger charge is -2.45. The maximum atomic E-state index is 14.0. The molecule has 4 aliphatic rings. The lowest BCUT2D eigenvalue weighted by Crippen LogP contribution is -2.41. The highest BCUT2D eigenvalue weighted by Crippen LogP contribution is 2.61. The predicted molar refractivity (Wildman–Crippen MR) is 145 cm³/mol. The van der Waals surface area contributed by atoms with E-state index in [1.54, 1.807) is 43.5 Å². The number of esters is 1. The molecule has 3 aliphatic carbocycles. The highest BCUT2D eigenvalue weighted by molar-refractivity contribution is 6.23. The summed E-state index contributed by atoms with van der Waals surface area (Å²) >= 11 is 0. The summed E-state index contributed by atoms with van der Waals surface area (Å²) in [5.74, 6) is -1.11. The minimum absolute atomic E-state index is 0.0832. The average molecular weight is 516 g/mol. The van der Waals surface area contributed by atoms with Crippen LogP contribution in [0.2, 0.25) is 0 Å². The fraction of sp³-hybridized carbons (Fsp3) is 0.182. The van der Waals surface area contributed by atoms with Crippen LogP contribution in [0.1, 0.15) is 39.7 Å². The topological polar surface area (TPSA) is 72.9 Å². The Morgan fingerprint density at radius 1 is 0.692 bits per heavy atom. The van der Waals surface area contributed by atoms with Crippen molar-refractivity contribution in [2.24, 2.45) is 11.8 Å². The smallest absolute Gasteiger partial charge is 0.315 e. The maximum absolute atomic E-state index is 14.0. The molecule has 1 saturated heterocycles. The molecule has 4 aromatic carbocycles. The van der Waals surface area contributed by atoms with Gasteiger partial charge in [-0.1, -0.05) is 66.7 Å². The lowest BCUT2D eigenvalue weighted by atomic mass is 9.55. The number of hydrogen-bond donors (Lipinski definition) is 0. The number of nitrogens with zero attached hydrogens (tertiary/aromatic N) is 1. The van der Waals surface area contributed by atoms with Crippen molar-refractivity contribution in [2.45, 2.75) is 18.3 Å². The van der Waals surface area contributed by atoms with E-state index < -0.39 is 17.8 Å². The molecule has 6 nitrogen and oxygen atoms in total. The van der Waals surface area contributed by atoms with Crippen molar-refractivity contribution in [1.82, 2.24) is 0 Å². The number of benzene rings is 4. The van der Waals surface area contributed by atoms with Gasteiger partial charge in [0.2, 0.25) is 11.8 Å². The van der Waals surface area contributed by atoms with E-state index in [0.717, 1.165) is 27.8 Å².